The molecule has 1 aliphatic heterocycles. The van der Waals surface area contributed by atoms with Crippen LogP contribution in [0.2, 0.25) is 0 Å². The number of benzene rings is 1. The number of carbonyl (C=O) groups is 2. The lowest BCUT2D eigenvalue weighted by Crippen LogP contribution is -3.09. The molecule has 31 heavy (non-hydrogen) atoms. The van der Waals surface area contributed by atoms with Crippen molar-refractivity contribution < 1.29 is 24.0 Å². The van der Waals surface area contributed by atoms with Gasteiger partial charge in [0.25, 0.3) is 5.91 Å². The van der Waals surface area contributed by atoms with Crippen LogP contribution in [0.3, 0.4) is 0 Å². The number of ether oxygens (including phenoxy) is 2. The van der Waals surface area contributed by atoms with Crippen LogP contribution in [0.5, 0.6) is 11.5 Å². The lowest BCUT2D eigenvalue weighted by Gasteiger charge is -2.40. The number of quaternary nitrogens is 1. The molecule has 3 rings (SSSR count). The highest BCUT2D eigenvalue weighted by atomic mass is 16.5. The van der Waals surface area contributed by atoms with Crippen LogP contribution in [-0.2, 0) is 11.3 Å². The van der Waals surface area contributed by atoms with Crippen molar-refractivity contribution in [3.05, 3.63) is 23.3 Å². The van der Waals surface area contributed by atoms with E-state index >= 15 is 0 Å². The fourth-order valence-corrected chi connectivity index (χ4v) is 5.00. The number of carbonyl (C=O) groups excluding carboxylic acids is 2. The minimum atomic E-state index is -0.710. The molecule has 3 amide bonds. The van der Waals surface area contributed by atoms with Gasteiger partial charge in [0.1, 0.15) is 12.1 Å². The Balaban J connectivity index is 1.67. The summed E-state index contributed by atoms with van der Waals surface area (Å²) in [6.45, 7) is 9.80. The zero-order valence-electron chi connectivity index (χ0n) is 20.1. The molecule has 0 aromatic heterocycles. The summed E-state index contributed by atoms with van der Waals surface area (Å²) >= 11 is 0. The van der Waals surface area contributed by atoms with Crippen molar-refractivity contribution in [2.75, 3.05) is 27.9 Å². The third-order valence-electron chi connectivity index (χ3n) is 7.07. The van der Waals surface area contributed by atoms with Crippen LogP contribution in [-0.4, -0.2) is 50.3 Å². The second-order valence-corrected chi connectivity index (χ2v) is 10.3. The van der Waals surface area contributed by atoms with E-state index < -0.39 is 5.54 Å². The molecular weight excluding hydrogens is 394 g/mol. The molecule has 2 fully saturated rings. The molecule has 1 atom stereocenters. The fourth-order valence-electron chi connectivity index (χ4n) is 5.00. The van der Waals surface area contributed by atoms with Crippen molar-refractivity contribution in [2.24, 2.45) is 11.3 Å². The summed E-state index contributed by atoms with van der Waals surface area (Å²) in [5.74, 6) is 1.90. The third kappa shape index (κ3) is 4.66. The van der Waals surface area contributed by atoms with Crippen molar-refractivity contribution in [3.63, 3.8) is 0 Å². The fraction of sp³-hybridized carbons (Fsp3) is 0.667. The molecule has 172 valence electrons. The number of rotatable bonds is 6. The van der Waals surface area contributed by atoms with Crippen molar-refractivity contribution in [1.82, 2.24) is 10.2 Å². The van der Waals surface area contributed by atoms with Gasteiger partial charge in [-0.1, -0.05) is 20.8 Å². The zero-order valence-corrected chi connectivity index (χ0v) is 20.1. The average Bonchev–Trinajstić information content (AvgIpc) is 2.92. The van der Waals surface area contributed by atoms with Gasteiger partial charge in [0, 0.05) is 5.56 Å². The van der Waals surface area contributed by atoms with Crippen molar-refractivity contribution in [1.29, 1.82) is 0 Å². The van der Waals surface area contributed by atoms with E-state index in [1.165, 1.54) is 4.90 Å². The molecule has 7 heteroatoms. The standard InChI is InChI=1S/C24H37N3O4/c1-16-12-19(30-6)20(31-7)13-17(16)14-26(5)15-27-21(28)24(25-22(27)29)10-8-18(9-11-24)23(2,3)4/h12-13,18H,8-11,14-15H2,1-7H3,(H,25,29)/p+1. The van der Waals surface area contributed by atoms with Crippen LogP contribution >= 0.6 is 0 Å². The molecule has 2 aliphatic rings. The predicted molar refractivity (Wildman–Crippen MR) is 119 cm³/mol. The second-order valence-electron chi connectivity index (χ2n) is 10.3. The number of imide groups is 1. The lowest BCUT2D eigenvalue weighted by atomic mass is 9.67. The highest BCUT2D eigenvalue weighted by molar-refractivity contribution is 6.06. The van der Waals surface area contributed by atoms with Crippen LogP contribution < -0.4 is 19.7 Å². The Morgan fingerprint density at radius 2 is 1.71 bits per heavy atom. The number of methoxy groups -OCH3 is 2. The summed E-state index contributed by atoms with van der Waals surface area (Å²) in [5.41, 5.74) is 1.71. The highest BCUT2D eigenvalue weighted by Crippen LogP contribution is 2.43. The van der Waals surface area contributed by atoms with Crippen LogP contribution in [0.4, 0.5) is 4.79 Å². The maximum absolute atomic E-state index is 13.3. The van der Waals surface area contributed by atoms with Crippen LogP contribution in [0, 0.1) is 18.3 Å². The Morgan fingerprint density at radius 1 is 1.13 bits per heavy atom. The molecule has 0 radical (unpaired) electrons. The molecule has 1 saturated heterocycles. The molecule has 1 aliphatic carbocycles. The van der Waals surface area contributed by atoms with Gasteiger partial charge in [-0.3, -0.25) is 4.79 Å². The van der Waals surface area contributed by atoms with E-state index in [0.717, 1.165) is 41.7 Å². The van der Waals surface area contributed by atoms with Gasteiger partial charge in [0.2, 0.25) is 0 Å². The van der Waals surface area contributed by atoms with Crippen molar-refractivity contribution >= 4 is 11.9 Å². The van der Waals surface area contributed by atoms with E-state index in [4.69, 9.17) is 9.47 Å². The second kappa shape index (κ2) is 8.69. The number of nitrogens with zero attached hydrogens (tertiary/aromatic N) is 1. The van der Waals surface area contributed by atoms with Crippen molar-refractivity contribution in [3.8, 4) is 11.5 Å². The Hall–Kier alpha value is -2.28. The first-order valence-corrected chi connectivity index (χ1v) is 11.2. The highest BCUT2D eigenvalue weighted by Gasteiger charge is 2.54. The first-order chi connectivity index (χ1) is 14.5. The first-order valence-electron chi connectivity index (χ1n) is 11.2. The molecular formula is C24H38N3O4+. The Morgan fingerprint density at radius 3 is 2.26 bits per heavy atom. The molecule has 1 aromatic rings. The van der Waals surface area contributed by atoms with Gasteiger partial charge in [-0.15, -0.1) is 0 Å². The van der Waals surface area contributed by atoms with E-state index in [1.807, 2.05) is 26.1 Å². The van der Waals surface area contributed by atoms with E-state index in [-0.39, 0.29) is 17.4 Å². The molecule has 1 unspecified atom stereocenters. The number of hydrogen-bond donors (Lipinski definition) is 2. The number of aryl methyl sites for hydroxylation is 1. The van der Waals surface area contributed by atoms with Crippen LogP contribution in [0.15, 0.2) is 12.1 Å². The average molecular weight is 433 g/mol. The molecule has 1 spiro atoms. The predicted octanol–water partition coefficient (Wildman–Crippen LogP) is 2.51. The summed E-state index contributed by atoms with van der Waals surface area (Å²) in [6.07, 6.45) is 3.39. The summed E-state index contributed by atoms with van der Waals surface area (Å²) in [6, 6.07) is 3.67. The molecule has 0 bridgehead atoms. The summed E-state index contributed by atoms with van der Waals surface area (Å²) in [5, 5.41) is 3.04. The molecule has 1 aromatic carbocycles. The molecule has 2 N–H and O–H groups in total. The topological polar surface area (TPSA) is 72.3 Å². The minimum absolute atomic E-state index is 0.0618. The van der Waals surface area contributed by atoms with E-state index in [9.17, 15) is 9.59 Å². The van der Waals surface area contributed by atoms with E-state index in [1.54, 1.807) is 14.2 Å². The Kier molecular flexibility index (Phi) is 6.56. The van der Waals surface area contributed by atoms with Crippen LogP contribution in [0.1, 0.15) is 57.6 Å². The van der Waals surface area contributed by atoms with Gasteiger partial charge in [0.15, 0.2) is 18.2 Å². The molecule has 1 heterocycles. The van der Waals surface area contributed by atoms with Gasteiger partial charge >= 0.3 is 6.03 Å². The number of urea groups is 1. The lowest BCUT2D eigenvalue weighted by molar-refractivity contribution is -0.901. The SMILES string of the molecule is COc1cc(C)c(C[NH+](C)CN2C(=O)NC3(CCC(C(C)(C)C)CC3)C2=O)cc1OC. The van der Waals surface area contributed by atoms with Gasteiger partial charge in [-0.05, 0) is 61.6 Å². The Bertz CT molecular complexity index is 838. The smallest absolute Gasteiger partial charge is 0.329 e. The van der Waals surface area contributed by atoms with Gasteiger partial charge in [-0.25, -0.2) is 9.69 Å². The first kappa shape index (κ1) is 23.4. The summed E-state index contributed by atoms with van der Waals surface area (Å²) in [4.78, 5) is 28.5. The number of amides is 3. The van der Waals surface area contributed by atoms with Gasteiger partial charge < -0.3 is 19.7 Å². The number of nitrogens with one attached hydrogen (secondary N) is 2. The molecule has 7 nitrogen and oxygen atoms in total. The monoisotopic (exact) mass is 432 g/mol. The minimum Gasteiger partial charge on any atom is -0.493 e. The maximum atomic E-state index is 13.3. The van der Waals surface area contributed by atoms with Crippen LogP contribution in [0.25, 0.3) is 0 Å². The van der Waals surface area contributed by atoms with E-state index in [2.05, 4.69) is 26.1 Å². The largest absolute Gasteiger partial charge is 0.493 e. The summed E-state index contributed by atoms with van der Waals surface area (Å²) in [7, 11) is 5.24. The summed E-state index contributed by atoms with van der Waals surface area (Å²) < 4.78 is 10.8. The normalized spacial score (nSPS) is 25.0. The quantitative estimate of drug-likeness (QED) is 0.678. The third-order valence-corrected chi connectivity index (χ3v) is 7.07. The zero-order chi connectivity index (χ0) is 23.0. The Labute approximate surface area is 186 Å². The van der Waals surface area contributed by atoms with Gasteiger partial charge in [0.05, 0.1) is 21.3 Å². The maximum Gasteiger partial charge on any atom is 0.329 e. The van der Waals surface area contributed by atoms with Gasteiger partial charge in [-0.2, -0.15) is 0 Å². The van der Waals surface area contributed by atoms with E-state index in [0.29, 0.717) is 30.6 Å². The molecule has 1 saturated carbocycles. The number of hydrogen-bond acceptors (Lipinski definition) is 4. The van der Waals surface area contributed by atoms with Crippen molar-refractivity contribution in [2.45, 2.75) is 65.5 Å².